The molecule has 0 heterocycles. The number of nitrogens with two attached hydrogens (primary N) is 1. The van der Waals surface area contributed by atoms with Gasteiger partial charge in [-0.25, -0.2) is 0 Å². The predicted molar refractivity (Wildman–Crippen MR) is 80.8 cm³/mol. The number of hydrogen-bond acceptors (Lipinski definition) is 2. The third-order valence-electron chi connectivity index (χ3n) is 5.33. The van der Waals surface area contributed by atoms with Gasteiger partial charge < -0.3 is 11.1 Å². The van der Waals surface area contributed by atoms with Crippen LogP contribution in [0.4, 0.5) is 0 Å². The molecule has 0 aromatic heterocycles. The first-order valence-electron chi connectivity index (χ1n) is 7.73. The molecule has 3 fully saturated rings. The molecule has 0 saturated heterocycles. The van der Waals surface area contributed by atoms with Gasteiger partial charge in [-0.1, -0.05) is 36.5 Å². The SMILES string of the molecule is C=C/C=C\C=C1/CCCC12CC2NC1CC(CN)C1. The lowest BCUT2D eigenvalue weighted by Crippen LogP contribution is -2.45. The van der Waals surface area contributed by atoms with Crippen LogP contribution in [0, 0.1) is 11.3 Å². The molecule has 2 heteroatoms. The summed E-state index contributed by atoms with van der Waals surface area (Å²) in [4.78, 5) is 0. The minimum atomic E-state index is 0.513. The zero-order valence-electron chi connectivity index (χ0n) is 11.8. The van der Waals surface area contributed by atoms with Gasteiger partial charge in [0, 0.05) is 17.5 Å². The summed E-state index contributed by atoms with van der Waals surface area (Å²) >= 11 is 0. The Kier molecular flexibility index (Phi) is 3.64. The smallest absolute Gasteiger partial charge is 0.0173 e. The van der Waals surface area contributed by atoms with Gasteiger partial charge in [-0.15, -0.1) is 0 Å². The summed E-state index contributed by atoms with van der Waals surface area (Å²) < 4.78 is 0. The lowest BCUT2D eigenvalue weighted by Gasteiger charge is -2.36. The van der Waals surface area contributed by atoms with Crippen molar-refractivity contribution in [2.24, 2.45) is 17.1 Å². The fourth-order valence-corrected chi connectivity index (χ4v) is 4.01. The van der Waals surface area contributed by atoms with E-state index in [9.17, 15) is 0 Å². The van der Waals surface area contributed by atoms with Crippen LogP contribution < -0.4 is 11.1 Å². The van der Waals surface area contributed by atoms with Gasteiger partial charge in [-0.3, -0.25) is 0 Å². The molecule has 0 aliphatic heterocycles. The molecule has 104 valence electrons. The van der Waals surface area contributed by atoms with Crippen molar-refractivity contribution < 1.29 is 0 Å². The number of rotatable bonds is 5. The highest BCUT2D eigenvalue weighted by molar-refractivity contribution is 5.35. The van der Waals surface area contributed by atoms with Crippen molar-refractivity contribution >= 4 is 0 Å². The zero-order chi connectivity index (χ0) is 13.3. The molecule has 3 aliphatic rings. The molecule has 2 atom stereocenters. The third kappa shape index (κ3) is 2.44. The first-order valence-corrected chi connectivity index (χ1v) is 7.73. The van der Waals surface area contributed by atoms with Crippen LogP contribution in [-0.4, -0.2) is 18.6 Å². The van der Waals surface area contributed by atoms with Gasteiger partial charge in [-0.2, -0.15) is 0 Å². The Labute approximate surface area is 116 Å². The largest absolute Gasteiger partial charge is 0.330 e. The van der Waals surface area contributed by atoms with Gasteiger partial charge in [0.05, 0.1) is 0 Å². The first-order chi connectivity index (χ1) is 9.28. The van der Waals surface area contributed by atoms with Gasteiger partial charge >= 0.3 is 0 Å². The summed E-state index contributed by atoms with van der Waals surface area (Å²) in [6, 6.07) is 1.48. The van der Waals surface area contributed by atoms with E-state index in [-0.39, 0.29) is 0 Å². The minimum absolute atomic E-state index is 0.513. The molecule has 2 nitrogen and oxygen atoms in total. The lowest BCUT2D eigenvalue weighted by atomic mass is 9.80. The van der Waals surface area contributed by atoms with E-state index in [1.165, 1.54) is 38.5 Å². The molecule has 3 saturated carbocycles. The molecule has 2 unspecified atom stereocenters. The molecule has 3 aliphatic carbocycles. The van der Waals surface area contributed by atoms with E-state index in [2.05, 4.69) is 24.0 Å². The van der Waals surface area contributed by atoms with E-state index in [1.54, 1.807) is 5.57 Å². The van der Waals surface area contributed by atoms with Crippen molar-refractivity contribution in [3.8, 4) is 0 Å². The number of allylic oxidation sites excluding steroid dienone is 4. The van der Waals surface area contributed by atoms with Gasteiger partial charge in [0.1, 0.15) is 0 Å². The predicted octanol–water partition coefficient (Wildman–Crippen LogP) is 2.92. The van der Waals surface area contributed by atoms with Gasteiger partial charge in [-0.05, 0) is 51.0 Å². The monoisotopic (exact) mass is 258 g/mol. The fourth-order valence-electron chi connectivity index (χ4n) is 4.01. The molecule has 0 aromatic rings. The van der Waals surface area contributed by atoms with E-state index in [0.717, 1.165) is 24.5 Å². The number of hydrogen-bond donors (Lipinski definition) is 2. The maximum absolute atomic E-state index is 5.70. The van der Waals surface area contributed by atoms with E-state index in [4.69, 9.17) is 5.73 Å². The van der Waals surface area contributed by atoms with Crippen LogP contribution in [0.1, 0.15) is 38.5 Å². The molecular formula is C17H26N2. The van der Waals surface area contributed by atoms with Gasteiger partial charge in [0.2, 0.25) is 0 Å². The standard InChI is InChI=1S/C17H26N2/c1-2-3-4-6-14-7-5-8-17(14)11-16(17)19-15-9-13(10-15)12-18/h2-4,6,13,15-16,19H,1,5,7-12,18H2/b4-3-,14-6+. The van der Waals surface area contributed by atoms with E-state index < -0.39 is 0 Å². The van der Waals surface area contributed by atoms with Crippen LogP contribution in [-0.2, 0) is 0 Å². The highest BCUT2D eigenvalue weighted by atomic mass is 15.0. The fraction of sp³-hybridized carbons (Fsp3) is 0.647. The van der Waals surface area contributed by atoms with Crippen LogP contribution in [0.5, 0.6) is 0 Å². The minimum Gasteiger partial charge on any atom is -0.330 e. The number of nitrogens with one attached hydrogen (secondary N) is 1. The van der Waals surface area contributed by atoms with Gasteiger partial charge in [0.25, 0.3) is 0 Å². The summed E-state index contributed by atoms with van der Waals surface area (Å²) in [5, 5.41) is 3.87. The second-order valence-electron chi connectivity index (χ2n) is 6.52. The van der Waals surface area contributed by atoms with Gasteiger partial charge in [0.15, 0.2) is 0 Å². The zero-order valence-corrected chi connectivity index (χ0v) is 11.8. The first kappa shape index (κ1) is 13.1. The topological polar surface area (TPSA) is 38.0 Å². The Balaban J connectivity index is 1.55. The Hall–Kier alpha value is -0.860. The summed E-state index contributed by atoms with van der Waals surface area (Å²) in [5.41, 5.74) is 7.87. The van der Waals surface area contributed by atoms with Crippen molar-refractivity contribution in [2.75, 3.05) is 6.54 Å². The summed E-state index contributed by atoms with van der Waals surface area (Å²) in [5.74, 6) is 0.779. The summed E-state index contributed by atoms with van der Waals surface area (Å²) in [6.45, 7) is 4.59. The normalized spacial score (nSPS) is 43.0. The maximum Gasteiger partial charge on any atom is 0.0173 e. The van der Waals surface area contributed by atoms with Crippen LogP contribution >= 0.6 is 0 Å². The average Bonchev–Trinajstić information content (AvgIpc) is 2.89. The molecule has 3 N–H and O–H groups in total. The van der Waals surface area contributed by atoms with Crippen LogP contribution in [0.3, 0.4) is 0 Å². The van der Waals surface area contributed by atoms with E-state index >= 15 is 0 Å². The second kappa shape index (κ2) is 5.26. The maximum atomic E-state index is 5.70. The van der Waals surface area contributed by atoms with Crippen molar-refractivity contribution in [1.82, 2.24) is 5.32 Å². The quantitative estimate of drug-likeness (QED) is 0.744. The Morgan fingerprint density at radius 1 is 1.37 bits per heavy atom. The summed E-state index contributed by atoms with van der Waals surface area (Å²) in [7, 11) is 0. The average molecular weight is 258 g/mol. The molecule has 1 spiro atoms. The van der Waals surface area contributed by atoms with Crippen molar-refractivity contribution in [1.29, 1.82) is 0 Å². The van der Waals surface area contributed by atoms with Crippen LogP contribution in [0.15, 0.2) is 36.5 Å². The molecule has 0 aromatic carbocycles. The second-order valence-corrected chi connectivity index (χ2v) is 6.52. The third-order valence-corrected chi connectivity index (χ3v) is 5.33. The molecule has 0 bridgehead atoms. The Bertz CT molecular complexity index is 403. The Morgan fingerprint density at radius 3 is 2.95 bits per heavy atom. The van der Waals surface area contributed by atoms with Crippen molar-refractivity contribution in [3.63, 3.8) is 0 Å². The van der Waals surface area contributed by atoms with Crippen LogP contribution in [0.2, 0.25) is 0 Å². The highest BCUT2D eigenvalue weighted by Gasteiger charge is 2.58. The summed E-state index contributed by atoms with van der Waals surface area (Å²) in [6.07, 6.45) is 16.3. The molecule has 19 heavy (non-hydrogen) atoms. The van der Waals surface area contributed by atoms with E-state index in [0.29, 0.717) is 5.41 Å². The molecule has 3 rings (SSSR count). The van der Waals surface area contributed by atoms with Crippen LogP contribution in [0.25, 0.3) is 0 Å². The molecular weight excluding hydrogens is 232 g/mol. The molecule has 0 radical (unpaired) electrons. The van der Waals surface area contributed by atoms with E-state index in [1.807, 2.05) is 12.2 Å². The van der Waals surface area contributed by atoms with Crippen molar-refractivity contribution in [3.05, 3.63) is 36.5 Å². The van der Waals surface area contributed by atoms with Crippen molar-refractivity contribution in [2.45, 2.75) is 50.6 Å². The Morgan fingerprint density at radius 2 is 2.21 bits per heavy atom. The lowest BCUT2D eigenvalue weighted by molar-refractivity contribution is 0.222. The molecule has 0 amide bonds. The highest BCUT2D eigenvalue weighted by Crippen LogP contribution is 2.61.